The fourth-order valence-corrected chi connectivity index (χ4v) is 2.02. The molecule has 1 fully saturated rings. The molecule has 1 aromatic heterocycles. The fourth-order valence-electron chi connectivity index (χ4n) is 2.02. The molecule has 1 aromatic rings. The van der Waals surface area contributed by atoms with Crippen molar-refractivity contribution in [2.45, 2.75) is 13.3 Å². The number of piperazine rings is 1. The lowest BCUT2D eigenvalue weighted by molar-refractivity contribution is -0.146. The monoisotopic (exact) mass is 277 g/mol. The third kappa shape index (κ3) is 3.43. The quantitative estimate of drug-likeness (QED) is 0.764. The van der Waals surface area contributed by atoms with Crippen LogP contribution in [0, 0.1) is 0 Å². The zero-order valence-corrected chi connectivity index (χ0v) is 11.6. The minimum atomic E-state index is -0.517. The van der Waals surface area contributed by atoms with E-state index in [-0.39, 0.29) is 0 Å². The zero-order chi connectivity index (χ0) is 14.4. The second kappa shape index (κ2) is 6.83. The van der Waals surface area contributed by atoms with Crippen molar-refractivity contribution < 1.29 is 9.59 Å². The summed E-state index contributed by atoms with van der Waals surface area (Å²) in [5.41, 5.74) is 0. The number of nitrogens with one attached hydrogen (secondary N) is 1. The van der Waals surface area contributed by atoms with Crippen molar-refractivity contribution in [3.05, 3.63) is 18.5 Å². The minimum absolute atomic E-state index is 0.452. The highest BCUT2D eigenvalue weighted by Gasteiger charge is 2.26. The van der Waals surface area contributed by atoms with Crippen LogP contribution in [0.5, 0.6) is 0 Å². The molecule has 0 aromatic carbocycles. The summed E-state index contributed by atoms with van der Waals surface area (Å²) in [5, 5.41) is 2.60. The normalized spacial score (nSPS) is 15.1. The predicted octanol–water partition coefficient (Wildman–Crippen LogP) is -0.349. The second-order valence-corrected chi connectivity index (χ2v) is 4.58. The Labute approximate surface area is 118 Å². The van der Waals surface area contributed by atoms with Crippen molar-refractivity contribution in [3.8, 4) is 0 Å². The molecule has 0 bridgehead atoms. The largest absolute Gasteiger partial charge is 0.348 e. The van der Waals surface area contributed by atoms with Gasteiger partial charge in [-0.25, -0.2) is 9.97 Å². The van der Waals surface area contributed by atoms with Gasteiger partial charge in [0.25, 0.3) is 0 Å². The summed E-state index contributed by atoms with van der Waals surface area (Å²) in [7, 11) is 0. The number of hydrogen-bond donors (Lipinski definition) is 1. The highest BCUT2D eigenvalue weighted by Crippen LogP contribution is 2.09. The third-order valence-corrected chi connectivity index (χ3v) is 3.13. The maximum Gasteiger partial charge on any atom is 0.312 e. The van der Waals surface area contributed by atoms with E-state index < -0.39 is 11.8 Å². The maximum atomic E-state index is 11.9. The molecule has 1 aliphatic heterocycles. The molecule has 2 heterocycles. The van der Waals surface area contributed by atoms with Crippen molar-refractivity contribution in [1.29, 1.82) is 0 Å². The number of rotatable bonds is 3. The summed E-state index contributed by atoms with van der Waals surface area (Å²) in [6.07, 6.45) is 4.20. The Balaban J connectivity index is 1.85. The number of nitrogens with zero attached hydrogens (tertiary/aromatic N) is 4. The Hall–Kier alpha value is -2.18. The van der Waals surface area contributed by atoms with Gasteiger partial charge in [-0.2, -0.15) is 0 Å². The van der Waals surface area contributed by atoms with Crippen molar-refractivity contribution in [2.24, 2.45) is 0 Å². The zero-order valence-electron chi connectivity index (χ0n) is 11.6. The molecular formula is C13H19N5O2. The molecule has 0 spiro atoms. The van der Waals surface area contributed by atoms with E-state index in [9.17, 15) is 9.59 Å². The predicted molar refractivity (Wildman–Crippen MR) is 74.1 cm³/mol. The van der Waals surface area contributed by atoms with E-state index in [1.165, 1.54) is 0 Å². The maximum absolute atomic E-state index is 11.9. The van der Waals surface area contributed by atoms with Gasteiger partial charge in [0.2, 0.25) is 5.95 Å². The minimum Gasteiger partial charge on any atom is -0.348 e. The Morgan fingerprint density at radius 1 is 1.20 bits per heavy atom. The van der Waals surface area contributed by atoms with Crippen molar-refractivity contribution in [2.75, 3.05) is 37.6 Å². The van der Waals surface area contributed by atoms with Gasteiger partial charge in [-0.1, -0.05) is 6.92 Å². The molecule has 20 heavy (non-hydrogen) atoms. The molecule has 0 unspecified atom stereocenters. The Kier molecular flexibility index (Phi) is 4.86. The lowest BCUT2D eigenvalue weighted by atomic mass is 10.3. The molecule has 0 aliphatic carbocycles. The highest BCUT2D eigenvalue weighted by molar-refractivity contribution is 6.35. The number of anilines is 1. The van der Waals surface area contributed by atoms with E-state index in [4.69, 9.17) is 0 Å². The van der Waals surface area contributed by atoms with Crippen LogP contribution in [0.3, 0.4) is 0 Å². The van der Waals surface area contributed by atoms with Gasteiger partial charge < -0.3 is 15.1 Å². The average Bonchev–Trinajstić information content (AvgIpc) is 2.53. The Bertz CT molecular complexity index is 457. The third-order valence-electron chi connectivity index (χ3n) is 3.13. The molecule has 0 atom stereocenters. The first-order chi connectivity index (χ1) is 9.72. The van der Waals surface area contributed by atoms with Gasteiger partial charge in [-0.15, -0.1) is 0 Å². The van der Waals surface area contributed by atoms with Crippen LogP contribution < -0.4 is 10.2 Å². The van der Waals surface area contributed by atoms with Crippen molar-refractivity contribution in [1.82, 2.24) is 20.2 Å². The molecule has 2 rings (SSSR count). The molecule has 0 radical (unpaired) electrons. The number of aromatic nitrogens is 2. The summed E-state index contributed by atoms with van der Waals surface area (Å²) in [6, 6.07) is 1.77. The van der Waals surface area contributed by atoms with Gasteiger partial charge >= 0.3 is 11.8 Å². The molecule has 7 heteroatoms. The lowest BCUT2D eigenvalue weighted by Gasteiger charge is -2.34. The van der Waals surface area contributed by atoms with Gasteiger partial charge in [-0.3, -0.25) is 9.59 Å². The molecular weight excluding hydrogens is 258 g/mol. The van der Waals surface area contributed by atoms with Gasteiger partial charge in [0.15, 0.2) is 0 Å². The van der Waals surface area contributed by atoms with Crippen LogP contribution in [0.2, 0.25) is 0 Å². The van der Waals surface area contributed by atoms with Crippen molar-refractivity contribution in [3.63, 3.8) is 0 Å². The van der Waals surface area contributed by atoms with E-state index in [0.29, 0.717) is 38.7 Å². The molecule has 1 saturated heterocycles. The first kappa shape index (κ1) is 14.2. The van der Waals surface area contributed by atoms with E-state index >= 15 is 0 Å². The van der Waals surface area contributed by atoms with Crippen LogP contribution in [-0.2, 0) is 9.59 Å². The van der Waals surface area contributed by atoms with E-state index in [2.05, 4.69) is 15.3 Å². The number of carbonyl (C=O) groups excluding carboxylic acids is 2. The Morgan fingerprint density at radius 3 is 2.45 bits per heavy atom. The Morgan fingerprint density at radius 2 is 1.85 bits per heavy atom. The molecule has 2 amide bonds. The first-order valence-corrected chi connectivity index (χ1v) is 6.81. The van der Waals surface area contributed by atoms with Crippen LogP contribution in [0.1, 0.15) is 13.3 Å². The number of carbonyl (C=O) groups is 2. The second-order valence-electron chi connectivity index (χ2n) is 4.58. The molecule has 1 N–H and O–H groups in total. The molecule has 0 saturated carbocycles. The van der Waals surface area contributed by atoms with E-state index in [1.807, 2.05) is 11.8 Å². The van der Waals surface area contributed by atoms with Crippen LogP contribution in [0.4, 0.5) is 5.95 Å². The fraction of sp³-hybridized carbons (Fsp3) is 0.538. The van der Waals surface area contributed by atoms with Crippen LogP contribution in [0.25, 0.3) is 0 Å². The summed E-state index contributed by atoms with van der Waals surface area (Å²) in [4.78, 5) is 35.5. The molecule has 7 nitrogen and oxygen atoms in total. The summed E-state index contributed by atoms with van der Waals surface area (Å²) in [6.45, 7) is 4.77. The van der Waals surface area contributed by atoms with Gasteiger partial charge in [0, 0.05) is 45.1 Å². The summed E-state index contributed by atoms with van der Waals surface area (Å²) >= 11 is 0. The molecule has 108 valence electrons. The summed E-state index contributed by atoms with van der Waals surface area (Å²) < 4.78 is 0. The first-order valence-electron chi connectivity index (χ1n) is 6.81. The average molecular weight is 277 g/mol. The van der Waals surface area contributed by atoms with Crippen molar-refractivity contribution >= 4 is 17.8 Å². The topological polar surface area (TPSA) is 78.4 Å². The van der Waals surface area contributed by atoms with Gasteiger partial charge in [-0.05, 0) is 12.5 Å². The highest BCUT2D eigenvalue weighted by atomic mass is 16.2. The standard InChI is InChI=1S/C13H19N5O2/c1-2-4-14-11(19)12(20)17-7-9-18(10-8-17)13-15-5-3-6-16-13/h3,5-6H,2,4,7-10H2,1H3,(H,14,19). The van der Waals surface area contributed by atoms with Crippen LogP contribution >= 0.6 is 0 Å². The molecule has 1 aliphatic rings. The van der Waals surface area contributed by atoms with Crippen LogP contribution in [0.15, 0.2) is 18.5 Å². The number of amides is 2. The van der Waals surface area contributed by atoms with Gasteiger partial charge in [0.1, 0.15) is 0 Å². The smallest absolute Gasteiger partial charge is 0.312 e. The number of hydrogen-bond acceptors (Lipinski definition) is 5. The lowest BCUT2D eigenvalue weighted by Crippen LogP contribution is -2.53. The SMILES string of the molecule is CCCNC(=O)C(=O)N1CCN(c2ncccn2)CC1. The van der Waals surface area contributed by atoms with E-state index in [0.717, 1.165) is 6.42 Å². The summed E-state index contributed by atoms with van der Waals surface area (Å²) in [5.74, 6) is -0.307. The van der Waals surface area contributed by atoms with Crippen LogP contribution in [-0.4, -0.2) is 59.4 Å². The van der Waals surface area contributed by atoms with Gasteiger partial charge in [0.05, 0.1) is 0 Å². The van der Waals surface area contributed by atoms with E-state index in [1.54, 1.807) is 23.4 Å².